The number of hydrogen-bond acceptors (Lipinski definition) is 5. The van der Waals surface area contributed by atoms with Crippen molar-refractivity contribution >= 4 is 33.9 Å². The Morgan fingerprint density at radius 1 is 1.00 bits per heavy atom. The summed E-state index contributed by atoms with van der Waals surface area (Å²) < 4.78 is 0. The minimum Gasteiger partial charge on any atom is -0.385 e. The standard InChI is InChI=1S/C23H27N5O/c1-27-14-16-28(17-15-27)20-9-7-19(8-10-20)24-13-11-22(29)26-21-6-2-4-18-5-3-12-25-23(18)21/h2-10,12,24H,11,13-17H2,1H3,(H,26,29). The van der Waals surface area contributed by atoms with E-state index in [9.17, 15) is 4.79 Å². The fraction of sp³-hybridized carbons (Fsp3) is 0.304. The number of hydrogen-bond donors (Lipinski definition) is 2. The molecule has 4 rings (SSSR count). The summed E-state index contributed by atoms with van der Waals surface area (Å²) in [6, 6.07) is 18.2. The number of carbonyl (C=O) groups is 1. The number of pyridine rings is 1. The summed E-state index contributed by atoms with van der Waals surface area (Å²) in [6.07, 6.45) is 2.13. The van der Waals surface area contributed by atoms with Crippen LogP contribution in [0.4, 0.5) is 17.1 Å². The molecule has 0 aliphatic carbocycles. The van der Waals surface area contributed by atoms with Crippen LogP contribution < -0.4 is 15.5 Å². The third-order valence-electron chi connectivity index (χ3n) is 5.32. The first kappa shape index (κ1) is 19.2. The van der Waals surface area contributed by atoms with Crippen molar-refractivity contribution in [3.63, 3.8) is 0 Å². The minimum absolute atomic E-state index is 0.0234. The van der Waals surface area contributed by atoms with Crippen molar-refractivity contribution < 1.29 is 4.79 Å². The van der Waals surface area contributed by atoms with Gasteiger partial charge in [-0.3, -0.25) is 9.78 Å². The summed E-state index contributed by atoms with van der Waals surface area (Å²) in [4.78, 5) is 21.5. The first-order valence-corrected chi connectivity index (χ1v) is 10.1. The fourth-order valence-corrected chi connectivity index (χ4v) is 3.59. The van der Waals surface area contributed by atoms with E-state index in [0.717, 1.165) is 48.5 Å². The molecule has 6 nitrogen and oxygen atoms in total. The highest BCUT2D eigenvalue weighted by atomic mass is 16.1. The smallest absolute Gasteiger partial charge is 0.226 e. The largest absolute Gasteiger partial charge is 0.385 e. The van der Waals surface area contributed by atoms with Crippen LogP contribution in [0.2, 0.25) is 0 Å². The molecule has 1 fully saturated rings. The van der Waals surface area contributed by atoms with Gasteiger partial charge in [0.1, 0.15) is 0 Å². The Balaban J connectivity index is 1.27. The molecule has 0 spiro atoms. The highest BCUT2D eigenvalue weighted by Gasteiger charge is 2.14. The number of rotatable bonds is 6. The number of amides is 1. The molecule has 2 N–H and O–H groups in total. The average Bonchev–Trinajstić information content (AvgIpc) is 2.75. The minimum atomic E-state index is -0.0234. The number of fused-ring (bicyclic) bond motifs is 1. The highest BCUT2D eigenvalue weighted by Crippen LogP contribution is 2.21. The maximum atomic E-state index is 12.3. The van der Waals surface area contributed by atoms with Gasteiger partial charge in [-0.05, 0) is 43.4 Å². The quantitative estimate of drug-likeness (QED) is 0.676. The maximum Gasteiger partial charge on any atom is 0.226 e. The second kappa shape index (κ2) is 8.92. The third-order valence-corrected chi connectivity index (χ3v) is 5.32. The lowest BCUT2D eigenvalue weighted by molar-refractivity contribution is -0.115. The molecule has 0 atom stereocenters. The van der Waals surface area contributed by atoms with E-state index < -0.39 is 0 Å². The topological polar surface area (TPSA) is 60.5 Å². The summed E-state index contributed by atoms with van der Waals surface area (Å²) in [6.45, 7) is 4.90. The molecular weight excluding hydrogens is 362 g/mol. The first-order chi connectivity index (χ1) is 14.2. The number of aromatic nitrogens is 1. The molecule has 1 amide bonds. The number of anilines is 3. The molecule has 2 aromatic carbocycles. The lowest BCUT2D eigenvalue weighted by Gasteiger charge is -2.34. The molecule has 2 heterocycles. The number of carbonyl (C=O) groups excluding carboxylic acids is 1. The zero-order valence-electron chi connectivity index (χ0n) is 16.8. The Kier molecular flexibility index (Phi) is 5.91. The van der Waals surface area contributed by atoms with Gasteiger partial charge in [0.25, 0.3) is 0 Å². The van der Waals surface area contributed by atoms with Gasteiger partial charge in [0.2, 0.25) is 5.91 Å². The summed E-state index contributed by atoms with van der Waals surface area (Å²) in [7, 11) is 2.16. The molecule has 1 saturated heterocycles. The van der Waals surface area contributed by atoms with E-state index in [1.165, 1.54) is 5.69 Å². The summed E-state index contributed by atoms with van der Waals surface area (Å²) in [5.41, 5.74) is 3.85. The van der Waals surface area contributed by atoms with Crippen molar-refractivity contribution in [2.45, 2.75) is 6.42 Å². The summed E-state index contributed by atoms with van der Waals surface area (Å²) in [5, 5.41) is 7.32. The monoisotopic (exact) mass is 389 g/mol. The number of piperazine rings is 1. The molecular formula is C23H27N5O. The van der Waals surface area contributed by atoms with Crippen LogP contribution in [0.15, 0.2) is 60.8 Å². The first-order valence-electron chi connectivity index (χ1n) is 10.1. The number of benzene rings is 2. The Labute approximate surface area is 171 Å². The summed E-state index contributed by atoms with van der Waals surface area (Å²) in [5.74, 6) is -0.0234. The van der Waals surface area contributed by atoms with Crippen LogP contribution in [0.1, 0.15) is 6.42 Å². The number of nitrogens with one attached hydrogen (secondary N) is 2. The number of para-hydroxylation sites is 1. The van der Waals surface area contributed by atoms with E-state index >= 15 is 0 Å². The van der Waals surface area contributed by atoms with Gasteiger partial charge in [-0.1, -0.05) is 18.2 Å². The average molecular weight is 390 g/mol. The van der Waals surface area contributed by atoms with E-state index in [-0.39, 0.29) is 5.91 Å². The van der Waals surface area contributed by atoms with Gasteiger partial charge in [0.05, 0.1) is 11.2 Å². The summed E-state index contributed by atoms with van der Waals surface area (Å²) >= 11 is 0. The fourth-order valence-electron chi connectivity index (χ4n) is 3.59. The molecule has 1 aromatic heterocycles. The number of nitrogens with zero attached hydrogens (tertiary/aromatic N) is 3. The second-order valence-corrected chi connectivity index (χ2v) is 7.44. The van der Waals surface area contributed by atoms with Crippen LogP contribution in [0, 0.1) is 0 Å². The zero-order valence-corrected chi connectivity index (χ0v) is 16.8. The molecule has 1 aliphatic rings. The normalized spacial score (nSPS) is 14.7. The van der Waals surface area contributed by atoms with E-state index in [2.05, 4.69) is 56.7 Å². The molecule has 6 heteroatoms. The molecule has 0 bridgehead atoms. The van der Waals surface area contributed by atoms with E-state index in [4.69, 9.17) is 0 Å². The van der Waals surface area contributed by atoms with Gasteiger partial charge < -0.3 is 20.4 Å². The van der Waals surface area contributed by atoms with Crippen molar-refractivity contribution in [2.24, 2.45) is 0 Å². The van der Waals surface area contributed by atoms with Crippen molar-refractivity contribution in [3.8, 4) is 0 Å². The van der Waals surface area contributed by atoms with Crippen molar-refractivity contribution in [1.82, 2.24) is 9.88 Å². The highest BCUT2D eigenvalue weighted by molar-refractivity contribution is 6.00. The van der Waals surface area contributed by atoms with Crippen LogP contribution >= 0.6 is 0 Å². The molecule has 3 aromatic rings. The predicted molar refractivity (Wildman–Crippen MR) is 120 cm³/mol. The Morgan fingerprint density at radius 2 is 1.76 bits per heavy atom. The SMILES string of the molecule is CN1CCN(c2ccc(NCCC(=O)Nc3cccc4cccnc34)cc2)CC1. The van der Waals surface area contributed by atoms with Crippen molar-refractivity contribution in [1.29, 1.82) is 0 Å². The van der Waals surface area contributed by atoms with Gasteiger partial charge in [0.15, 0.2) is 0 Å². The third kappa shape index (κ3) is 4.84. The molecule has 150 valence electrons. The van der Waals surface area contributed by atoms with Crippen LogP contribution in [-0.2, 0) is 4.79 Å². The Morgan fingerprint density at radius 3 is 2.55 bits per heavy atom. The van der Waals surface area contributed by atoms with Gasteiger partial charge in [-0.2, -0.15) is 0 Å². The van der Waals surface area contributed by atoms with Gasteiger partial charge in [-0.25, -0.2) is 0 Å². The lowest BCUT2D eigenvalue weighted by Crippen LogP contribution is -2.44. The van der Waals surface area contributed by atoms with Gasteiger partial charge in [0, 0.05) is 62.1 Å². The molecule has 0 radical (unpaired) electrons. The zero-order chi connectivity index (χ0) is 20.1. The van der Waals surface area contributed by atoms with Crippen molar-refractivity contribution in [2.75, 3.05) is 55.3 Å². The second-order valence-electron chi connectivity index (χ2n) is 7.44. The Hall–Kier alpha value is -3.12. The van der Waals surface area contributed by atoms with Crippen molar-refractivity contribution in [3.05, 3.63) is 60.8 Å². The van der Waals surface area contributed by atoms with E-state index in [1.54, 1.807) is 6.20 Å². The predicted octanol–water partition coefficient (Wildman–Crippen LogP) is 3.43. The maximum absolute atomic E-state index is 12.3. The molecule has 1 aliphatic heterocycles. The van der Waals surface area contributed by atoms with Crippen LogP contribution in [0.5, 0.6) is 0 Å². The lowest BCUT2D eigenvalue weighted by atomic mass is 10.2. The molecule has 0 unspecified atom stereocenters. The molecule has 0 saturated carbocycles. The van der Waals surface area contributed by atoms with Crippen LogP contribution in [0.3, 0.4) is 0 Å². The van der Waals surface area contributed by atoms with Crippen LogP contribution in [-0.4, -0.2) is 55.6 Å². The van der Waals surface area contributed by atoms with Crippen LogP contribution in [0.25, 0.3) is 10.9 Å². The van der Waals surface area contributed by atoms with Gasteiger partial charge >= 0.3 is 0 Å². The van der Waals surface area contributed by atoms with E-state index in [0.29, 0.717) is 13.0 Å². The number of likely N-dealkylation sites (N-methyl/N-ethyl adjacent to an activating group) is 1. The Bertz CT molecular complexity index is 959. The van der Waals surface area contributed by atoms with E-state index in [1.807, 2.05) is 30.3 Å². The molecule has 29 heavy (non-hydrogen) atoms. The van der Waals surface area contributed by atoms with Gasteiger partial charge in [-0.15, -0.1) is 0 Å².